The van der Waals surface area contributed by atoms with Gasteiger partial charge in [-0.2, -0.15) is 0 Å². The number of rotatable bonds is 6. The van der Waals surface area contributed by atoms with Crippen LogP contribution in [0.4, 0.5) is 0 Å². The Bertz CT molecular complexity index is 294. The first-order valence-electron chi connectivity index (χ1n) is 5.42. The van der Waals surface area contributed by atoms with Gasteiger partial charge in [-0.3, -0.25) is 0 Å². The van der Waals surface area contributed by atoms with Crippen molar-refractivity contribution in [3.05, 3.63) is 23.2 Å². The lowest BCUT2D eigenvalue weighted by Gasteiger charge is -2.14. The summed E-state index contributed by atoms with van der Waals surface area (Å²) in [6, 6.07) is 2.49. The third-order valence-electron chi connectivity index (χ3n) is 2.64. The zero-order chi connectivity index (χ0) is 11.3. The standard InChI is InChI=1S/C12H21NO2/c1-9-8-11(10(2)15-9)12(13-3)6-5-7-14-4/h8,12-13H,5-7H2,1-4H3. The highest BCUT2D eigenvalue weighted by Crippen LogP contribution is 2.24. The van der Waals surface area contributed by atoms with Crippen LogP contribution in [0, 0.1) is 13.8 Å². The summed E-state index contributed by atoms with van der Waals surface area (Å²) in [5, 5.41) is 3.32. The molecule has 0 aliphatic rings. The van der Waals surface area contributed by atoms with E-state index in [0.717, 1.165) is 31.0 Å². The highest BCUT2D eigenvalue weighted by Gasteiger charge is 2.14. The predicted molar refractivity (Wildman–Crippen MR) is 61.1 cm³/mol. The average Bonchev–Trinajstić information content (AvgIpc) is 2.53. The lowest BCUT2D eigenvalue weighted by molar-refractivity contribution is 0.189. The van der Waals surface area contributed by atoms with E-state index >= 15 is 0 Å². The first kappa shape index (κ1) is 12.3. The van der Waals surface area contributed by atoms with E-state index in [0.29, 0.717) is 6.04 Å². The van der Waals surface area contributed by atoms with Crippen LogP contribution in [0.25, 0.3) is 0 Å². The number of nitrogens with one attached hydrogen (secondary N) is 1. The van der Waals surface area contributed by atoms with Crippen molar-refractivity contribution in [3.8, 4) is 0 Å². The Morgan fingerprint density at radius 1 is 1.47 bits per heavy atom. The van der Waals surface area contributed by atoms with Crippen LogP contribution in [0.3, 0.4) is 0 Å². The number of hydrogen-bond donors (Lipinski definition) is 1. The molecule has 0 bridgehead atoms. The van der Waals surface area contributed by atoms with Gasteiger partial charge in [-0.25, -0.2) is 0 Å². The number of ether oxygens (including phenoxy) is 1. The van der Waals surface area contributed by atoms with Gasteiger partial charge < -0.3 is 14.5 Å². The molecule has 0 fully saturated rings. The van der Waals surface area contributed by atoms with Crippen molar-refractivity contribution in [1.82, 2.24) is 5.32 Å². The van der Waals surface area contributed by atoms with Gasteiger partial charge in [0, 0.05) is 25.3 Å². The molecular formula is C12H21NO2. The summed E-state index contributed by atoms with van der Waals surface area (Å²) in [6.07, 6.45) is 2.13. The third kappa shape index (κ3) is 3.36. The Kier molecular flexibility index (Phi) is 4.85. The third-order valence-corrected chi connectivity index (χ3v) is 2.64. The summed E-state index contributed by atoms with van der Waals surface area (Å²) in [7, 11) is 3.72. The first-order chi connectivity index (χ1) is 7.19. The Morgan fingerprint density at radius 3 is 2.67 bits per heavy atom. The number of aryl methyl sites for hydroxylation is 2. The summed E-state index contributed by atoms with van der Waals surface area (Å²) >= 11 is 0. The molecule has 3 heteroatoms. The van der Waals surface area contributed by atoms with Crippen molar-refractivity contribution in [3.63, 3.8) is 0 Å². The van der Waals surface area contributed by atoms with Crippen LogP contribution in [-0.4, -0.2) is 20.8 Å². The Hall–Kier alpha value is -0.800. The fourth-order valence-electron chi connectivity index (χ4n) is 1.88. The van der Waals surface area contributed by atoms with E-state index in [9.17, 15) is 0 Å². The van der Waals surface area contributed by atoms with Gasteiger partial charge in [-0.1, -0.05) is 0 Å². The predicted octanol–water partition coefficient (Wildman–Crippen LogP) is 2.58. The van der Waals surface area contributed by atoms with Gasteiger partial charge in [0.15, 0.2) is 0 Å². The highest BCUT2D eigenvalue weighted by molar-refractivity contribution is 5.23. The van der Waals surface area contributed by atoms with Crippen LogP contribution in [0.2, 0.25) is 0 Å². The normalized spacial score (nSPS) is 13.1. The van der Waals surface area contributed by atoms with E-state index in [4.69, 9.17) is 9.15 Å². The maximum Gasteiger partial charge on any atom is 0.105 e. The molecule has 15 heavy (non-hydrogen) atoms. The molecule has 1 aromatic rings. The average molecular weight is 211 g/mol. The summed E-state index contributed by atoms with van der Waals surface area (Å²) in [6.45, 7) is 4.81. The molecule has 0 aromatic carbocycles. The van der Waals surface area contributed by atoms with Crippen LogP contribution in [0.1, 0.15) is 36.0 Å². The van der Waals surface area contributed by atoms with Crippen LogP contribution < -0.4 is 5.32 Å². The molecule has 0 aliphatic heterocycles. The van der Waals surface area contributed by atoms with Crippen LogP contribution in [-0.2, 0) is 4.74 Å². The van der Waals surface area contributed by atoms with E-state index in [1.165, 1.54) is 5.56 Å². The van der Waals surface area contributed by atoms with Gasteiger partial charge in [-0.15, -0.1) is 0 Å². The van der Waals surface area contributed by atoms with Crippen molar-refractivity contribution in [2.75, 3.05) is 20.8 Å². The van der Waals surface area contributed by atoms with Gasteiger partial charge in [0.1, 0.15) is 11.5 Å². The maximum atomic E-state index is 5.53. The van der Waals surface area contributed by atoms with Crippen molar-refractivity contribution in [1.29, 1.82) is 0 Å². The van der Waals surface area contributed by atoms with Crippen molar-refractivity contribution >= 4 is 0 Å². The van der Waals surface area contributed by atoms with Gasteiger partial charge in [0.05, 0.1) is 0 Å². The quantitative estimate of drug-likeness (QED) is 0.734. The minimum Gasteiger partial charge on any atom is -0.466 e. The second kappa shape index (κ2) is 5.93. The molecule has 1 atom stereocenters. The SMILES string of the molecule is CNC(CCCOC)c1cc(C)oc1C. The molecule has 0 saturated heterocycles. The van der Waals surface area contributed by atoms with Crippen molar-refractivity contribution < 1.29 is 9.15 Å². The largest absolute Gasteiger partial charge is 0.466 e. The Morgan fingerprint density at radius 2 is 2.20 bits per heavy atom. The highest BCUT2D eigenvalue weighted by atomic mass is 16.5. The molecule has 0 saturated carbocycles. The molecule has 1 heterocycles. The van der Waals surface area contributed by atoms with E-state index in [1.54, 1.807) is 7.11 Å². The molecule has 0 amide bonds. The number of methoxy groups -OCH3 is 1. The fourth-order valence-corrected chi connectivity index (χ4v) is 1.88. The van der Waals surface area contributed by atoms with E-state index < -0.39 is 0 Å². The second-order valence-corrected chi connectivity index (χ2v) is 3.84. The molecule has 0 radical (unpaired) electrons. The van der Waals surface area contributed by atoms with Crippen LogP contribution in [0.5, 0.6) is 0 Å². The van der Waals surface area contributed by atoms with E-state index in [1.807, 2.05) is 20.9 Å². The molecular weight excluding hydrogens is 190 g/mol. The lowest BCUT2D eigenvalue weighted by atomic mass is 10.0. The van der Waals surface area contributed by atoms with Gasteiger partial charge in [-0.05, 0) is 39.8 Å². The molecule has 1 N–H and O–H groups in total. The molecule has 1 unspecified atom stereocenters. The van der Waals surface area contributed by atoms with E-state index in [-0.39, 0.29) is 0 Å². The summed E-state index contributed by atoms with van der Waals surface area (Å²) in [5.74, 6) is 2.00. The first-order valence-corrected chi connectivity index (χ1v) is 5.42. The van der Waals surface area contributed by atoms with Crippen LogP contribution >= 0.6 is 0 Å². The number of furan rings is 1. The molecule has 3 nitrogen and oxygen atoms in total. The molecule has 0 aliphatic carbocycles. The van der Waals surface area contributed by atoms with Gasteiger partial charge in [0.2, 0.25) is 0 Å². The van der Waals surface area contributed by atoms with Crippen LogP contribution in [0.15, 0.2) is 10.5 Å². The molecule has 0 spiro atoms. The molecule has 86 valence electrons. The second-order valence-electron chi connectivity index (χ2n) is 3.84. The molecule has 1 rings (SSSR count). The smallest absolute Gasteiger partial charge is 0.105 e. The summed E-state index contributed by atoms with van der Waals surface area (Å²) < 4.78 is 10.6. The van der Waals surface area contributed by atoms with Gasteiger partial charge in [0.25, 0.3) is 0 Å². The monoisotopic (exact) mass is 211 g/mol. The molecule has 1 aromatic heterocycles. The topological polar surface area (TPSA) is 34.4 Å². The number of hydrogen-bond acceptors (Lipinski definition) is 3. The van der Waals surface area contributed by atoms with E-state index in [2.05, 4.69) is 11.4 Å². The minimum absolute atomic E-state index is 0.373. The van der Waals surface area contributed by atoms with Crippen molar-refractivity contribution in [2.24, 2.45) is 0 Å². The minimum atomic E-state index is 0.373. The summed E-state index contributed by atoms with van der Waals surface area (Å²) in [4.78, 5) is 0. The zero-order valence-electron chi connectivity index (χ0n) is 10.1. The van der Waals surface area contributed by atoms with Gasteiger partial charge >= 0.3 is 0 Å². The zero-order valence-corrected chi connectivity index (χ0v) is 10.1. The summed E-state index contributed by atoms with van der Waals surface area (Å²) in [5.41, 5.74) is 1.27. The maximum absolute atomic E-state index is 5.53. The lowest BCUT2D eigenvalue weighted by Crippen LogP contribution is -2.17. The Labute approximate surface area is 91.8 Å². The Balaban J connectivity index is 2.61. The van der Waals surface area contributed by atoms with Crippen molar-refractivity contribution in [2.45, 2.75) is 32.7 Å². The fraction of sp³-hybridized carbons (Fsp3) is 0.667.